The summed E-state index contributed by atoms with van der Waals surface area (Å²) in [6.07, 6.45) is 3.51. The molecule has 1 amide bonds. The molecule has 0 saturated carbocycles. The van der Waals surface area contributed by atoms with Gasteiger partial charge in [0.15, 0.2) is 8.96 Å². The number of carbonyl (C=O) groups is 2. The fourth-order valence-corrected chi connectivity index (χ4v) is 6.10. The Kier molecular flexibility index (Phi) is 9.02. The molecule has 33 heavy (non-hydrogen) atoms. The Balaban J connectivity index is 1.80. The zero-order valence-electron chi connectivity index (χ0n) is 20.1. The second kappa shape index (κ2) is 11.9. The Morgan fingerprint density at radius 2 is 1.97 bits per heavy atom. The lowest BCUT2D eigenvalue weighted by atomic mass is 10.1. The van der Waals surface area contributed by atoms with Gasteiger partial charge in [0, 0.05) is 32.0 Å². The van der Waals surface area contributed by atoms with Gasteiger partial charge in [0.05, 0.1) is 25.1 Å². The Morgan fingerprint density at radius 3 is 2.67 bits per heavy atom. The van der Waals surface area contributed by atoms with E-state index < -0.39 is 8.96 Å². The highest BCUT2D eigenvalue weighted by Gasteiger charge is 2.37. The molecule has 1 aliphatic heterocycles. The first-order valence-corrected chi connectivity index (χ1v) is 13.7. The molecule has 1 aromatic carbocycles. The van der Waals surface area contributed by atoms with Crippen LogP contribution in [0.5, 0.6) is 0 Å². The zero-order chi connectivity index (χ0) is 23.8. The molecule has 0 aliphatic carbocycles. The number of esters is 1. The van der Waals surface area contributed by atoms with Crippen molar-refractivity contribution >= 4 is 26.7 Å². The van der Waals surface area contributed by atoms with Crippen LogP contribution in [0, 0.1) is 5.92 Å². The molecule has 1 aliphatic rings. The van der Waals surface area contributed by atoms with Crippen LogP contribution in [0.1, 0.15) is 42.6 Å². The van der Waals surface area contributed by atoms with Crippen molar-refractivity contribution in [3.63, 3.8) is 0 Å². The molecular weight excluding hydrogens is 432 g/mol. The van der Waals surface area contributed by atoms with Gasteiger partial charge in [-0.15, -0.1) is 0 Å². The number of benzene rings is 1. The maximum absolute atomic E-state index is 13.7. The lowest BCUT2D eigenvalue weighted by Gasteiger charge is -2.44. The van der Waals surface area contributed by atoms with E-state index in [-0.39, 0.29) is 24.3 Å². The first-order valence-electron chi connectivity index (χ1n) is 11.6. The first kappa shape index (κ1) is 24.9. The van der Waals surface area contributed by atoms with Crippen LogP contribution in [0.25, 0.3) is 0 Å². The number of anilines is 1. The summed E-state index contributed by atoms with van der Waals surface area (Å²) in [5.41, 5.74) is 1.80. The van der Waals surface area contributed by atoms with E-state index in [1.54, 1.807) is 12.3 Å². The molecule has 1 saturated heterocycles. The van der Waals surface area contributed by atoms with Crippen LogP contribution < -0.4 is 5.32 Å². The van der Waals surface area contributed by atoms with E-state index in [1.807, 2.05) is 29.2 Å². The van der Waals surface area contributed by atoms with Crippen LogP contribution in [-0.4, -0.2) is 67.7 Å². The van der Waals surface area contributed by atoms with Gasteiger partial charge in [0.25, 0.3) is 5.91 Å². The van der Waals surface area contributed by atoms with Gasteiger partial charge in [0.2, 0.25) is 0 Å². The van der Waals surface area contributed by atoms with Gasteiger partial charge in [-0.05, 0) is 30.0 Å². The number of carbonyl (C=O) groups excluding carboxylic acids is 2. The number of methoxy groups -OCH3 is 1. The van der Waals surface area contributed by atoms with E-state index in [4.69, 9.17) is 4.74 Å². The third-order valence-corrected chi connectivity index (χ3v) is 8.19. The number of hydrogen-bond acceptors (Lipinski definition) is 6. The number of rotatable bonds is 9. The highest BCUT2D eigenvalue weighted by atomic mass is 28.3. The van der Waals surface area contributed by atoms with Crippen molar-refractivity contribution in [3.05, 3.63) is 59.8 Å². The standard InChI is InChI=1S/C25H35N4O3Si/c1-19(2)12-14-27-24-22(11-8-13-26-24)25(31)29-18-33(4)28(16-20-9-6-5-7-10-20)17-21(29)15-23(30)32-3/h5-11,13,19,21H,12,14-18H2,1-4H3,(H,26,27)/t21-/m1/s1. The third-order valence-electron chi connectivity index (χ3n) is 5.97. The minimum Gasteiger partial charge on any atom is -0.469 e. The van der Waals surface area contributed by atoms with Gasteiger partial charge in [-0.25, -0.2) is 4.98 Å². The second-order valence-corrected chi connectivity index (χ2v) is 11.4. The molecule has 2 aromatic rings. The van der Waals surface area contributed by atoms with E-state index in [9.17, 15) is 9.59 Å². The average molecular weight is 468 g/mol. The molecule has 1 aromatic heterocycles. The molecular formula is C25H35N4O3Si. The maximum Gasteiger partial charge on any atom is 0.307 e. The summed E-state index contributed by atoms with van der Waals surface area (Å²) in [7, 11) is 0.397. The third kappa shape index (κ3) is 6.88. The number of pyridine rings is 1. The number of amides is 1. The number of hydrogen-bond donors (Lipinski definition) is 1. The highest BCUT2D eigenvalue weighted by molar-refractivity contribution is 6.55. The van der Waals surface area contributed by atoms with Crippen molar-refractivity contribution in [1.29, 1.82) is 0 Å². The van der Waals surface area contributed by atoms with Gasteiger partial charge in [-0.1, -0.05) is 50.7 Å². The monoisotopic (exact) mass is 467 g/mol. The quantitative estimate of drug-likeness (QED) is 0.449. The summed E-state index contributed by atoms with van der Waals surface area (Å²) in [6, 6.07) is 13.7. The summed E-state index contributed by atoms with van der Waals surface area (Å²) >= 11 is 0. The molecule has 1 fully saturated rings. The minimum absolute atomic E-state index is 0.0761. The van der Waals surface area contributed by atoms with Crippen molar-refractivity contribution in [2.45, 2.75) is 45.8 Å². The number of nitrogens with zero attached hydrogens (tertiary/aromatic N) is 3. The molecule has 3 rings (SSSR count). The Morgan fingerprint density at radius 1 is 1.21 bits per heavy atom. The molecule has 1 atom stereocenters. The summed E-state index contributed by atoms with van der Waals surface area (Å²) in [5, 5.41) is 3.33. The van der Waals surface area contributed by atoms with E-state index in [2.05, 4.69) is 47.4 Å². The van der Waals surface area contributed by atoms with Crippen molar-refractivity contribution in [1.82, 2.24) is 14.4 Å². The molecule has 8 heteroatoms. The first-order chi connectivity index (χ1) is 15.9. The van der Waals surface area contributed by atoms with Gasteiger partial charge >= 0.3 is 5.97 Å². The van der Waals surface area contributed by atoms with E-state index in [0.29, 0.717) is 30.0 Å². The fraction of sp³-hybridized carbons (Fsp3) is 0.480. The Bertz CT molecular complexity index is 925. The largest absolute Gasteiger partial charge is 0.469 e. The summed E-state index contributed by atoms with van der Waals surface area (Å²) in [6.45, 7) is 8.80. The van der Waals surface area contributed by atoms with Crippen molar-refractivity contribution in [2.75, 3.05) is 31.7 Å². The maximum atomic E-state index is 13.7. The molecule has 1 radical (unpaired) electrons. The summed E-state index contributed by atoms with van der Waals surface area (Å²) < 4.78 is 7.39. The molecule has 1 N–H and O–H groups in total. The lowest BCUT2D eigenvalue weighted by molar-refractivity contribution is -0.141. The minimum atomic E-state index is -0.998. The van der Waals surface area contributed by atoms with Crippen molar-refractivity contribution in [2.24, 2.45) is 5.92 Å². The van der Waals surface area contributed by atoms with Gasteiger partial charge in [-0.2, -0.15) is 0 Å². The lowest BCUT2D eigenvalue weighted by Crippen LogP contribution is -2.61. The van der Waals surface area contributed by atoms with E-state index >= 15 is 0 Å². The molecule has 177 valence electrons. The topological polar surface area (TPSA) is 74.8 Å². The smallest absolute Gasteiger partial charge is 0.307 e. The van der Waals surface area contributed by atoms with Crippen LogP contribution in [-0.2, 0) is 16.1 Å². The molecule has 0 bridgehead atoms. The molecule has 0 unspecified atom stereocenters. The predicted molar refractivity (Wildman–Crippen MR) is 132 cm³/mol. The number of aromatic nitrogens is 1. The van der Waals surface area contributed by atoms with E-state index in [0.717, 1.165) is 19.5 Å². The van der Waals surface area contributed by atoms with E-state index in [1.165, 1.54) is 12.7 Å². The molecule has 2 heterocycles. The predicted octanol–water partition coefficient (Wildman–Crippen LogP) is 3.59. The SMILES string of the molecule is COC(=O)C[C@@H]1CN(Cc2ccccc2)[Si](C)CN1C(=O)c1cccnc1NCCC(C)C. The van der Waals surface area contributed by atoms with Crippen molar-refractivity contribution in [3.8, 4) is 0 Å². The number of nitrogens with one attached hydrogen (secondary N) is 1. The van der Waals surface area contributed by atoms with Crippen LogP contribution in [0.2, 0.25) is 6.55 Å². The Hall–Kier alpha value is -2.71. The van der Waals surface area contributed by atoms with Gasteiger partial charge in [0.1, 0.15) is 5.82 Å². The molecule has 0 spiro atoms. The van der Waals surface area contributed by atoms with Crippen LogP contribution in [0.15, 0.2) is 48.7 Å². The average Bonchev–Trinajstić information content (AvgIpc) is 2.81. The van der Waals surface area contributed by atoms with Crippen LogP contribution in [0.4, 0.5) is 5.82 Å². The fourth-order valence-electron chi connectivity index (χ4n) is 4.03. The van der Waals surface area contributed by atoms with Gasteiger partial charge < -0.3 is 19.5 Å². The molecule has 7 nitrogen and oxygen atoms in total. The van der Waals surface area contributed by atoms with Crippen LogP contribution >= 0.6 is 0 Å². The Labute approximate surface area is 198 Å². The normalized spacial score (nSPS) is 17.2. The van der Waals surface area contributed by atoms with Gasteiger partial charge in [-0.3, -0.25) is 9.59 Å². The number of ether oxygens (including phenoxy) is 1. The highest BCUT2D eigenvalue weighted by Crippen LogP contribution is 2.23. The van der Waals surface area contributed by atoms with Crippen LogP contribution in [0.3, 0.4) is 0 Å². The van der Waals surface area contributed by atoms with Crippen molar-refractivity contribution < 1.29 is 14.3 Å². The summed E-state index contributed by atoms with van der Waals surface area (Å²) in [4.78, 5) is 32.2. The second-order valence-electron chi connectivity index (χ2n) is 8.98. The summed E-state index contributed by atoms with van der Waals surface area (Å²) in [5.74, 6) is 0.794. The zero-order valence-corrected chi connectivity index (χ0v) is 21.1.